The molecule has 1 heterocycles. The van der Waals surface area contributed by atoms with E-state index in [2.05, 4.69) is 46.6 Å². The van der Waals surface area contributed by atoms with Crippen molar-refractivity contribution in [3.05, 3.63) is 83.9 Å². The van der Waals surface area contributed by atoms with Crippen LogP contribution in [-0.2, 0) is 14.8 Å². The van der Waals surface area contributed by atoms with E-state index in [0.717, 1.165) is 12.2 Å². The Morgan fingerprint density at radius 1 is 0.950 bits per heavy atom. The highest BCUT2D eigenvalue weighted by Gasteiger charge is 2.38. The molecular formula is C27H28F3N3O6S. The number of nitrogens with zero attached hydrogens (tertiary/aromatic N) is 2. The van der Waals surface area contributed by atoms with Gasteiger partial charge in [-0.25, -0.2) is 18.0 Å². The van der Waals surface area contributed by atoms with Gasteiger partial charge in [0.15, 0.2) is 0 Å². The third-order valence-corrected chi connectivity index (χ3v) is 7.47. The van der Waals surface area contributed by atoms with Crippen molar-refractivity contribution in [2.24, 2.45) is 0 Å². The van der Waals surface area contributed by atoms with Crippen LogP contribution in [0.2, 0.25) is 0 Å². The highest BCUT2D eigenvalue weighted by molar-refractivity contribution is 7.92. The molecule has 1 aliphatic rings. The standard InChI is InChI=1S/C25H27N3O4S.C2HF3O2/c1-18-7-6-8-21(15-18)28-14-13-27(17-19(28)2)24-12-11-20(25(29)30)16-23(24)26-33(31,32)22-9-4-3-5-10-22;3-2(4,5)1(6)7/h3-12,15-16,19,26H,13-14,17H2,1-2H3,(H,29,30);(H,6,7). The molecule has 40 heavy (non-hydrogen) atoms. The number of rotatable bonds is 6. The number of carboxylic acids is 2. The lowest BCUT2D eigenvalue weighted by molar-refractivity contribution is -0.192. The van der Waals surface area contributed by atoms with Crippen LogP contribution in [0.5, 0.6) is 0 Å². The number of halogens is 3. The first-order chi connectivity index (χ1) is 18.7. The van der Waals surface area contributed by atoms with Crippen molar-refractivity contribution >= 4 is 39.0 Å². The molecule has 0 bridgehead atoms. The van der Waals surface area contributed by atoms with E-state index in [1.165, 1.54) is 29.8 Å². The second-order valence-corrected chi connectivity index (χ2v) is 10.8. The molecule has 4 rings (SSSR count). The smallest absolute Gasteiger partial charge is 0.478 e. The molecule has 0 aliphatic carbocycles. The van der Waals surface area contributed by atoms with Gasteiger partial charge < -0.3 is 20.0 Å². The van der Waals surface area contributed by atoms with Gasteiger partial charge in [-0.2, -0.15) is 13.2 Å². The van der Waals surface area contributed by atoms with Crippen LogP contribution in [0.15, 0.2) is 77.7 Å². The number of aliphatic carboxylic acids is 1. The zero-order valence-corrected chi connectivity index (χ0v) is 22.4. The highest BCUT2D eigenvalue weighted by Crippen LogP contribution is 2.32. The molecule has 3 N–H and O–H groups in total. The molecule has 0 radical (unpaired) electrons. The van der Waals surface area contributed by atoms with Crippen LogP contribution in [0, 0.1) is 6.92 Å². The monoisotopic (exact) mass is 579 g/mol. The third kappa shape index (κ3) is 7.65. The summed E-state index contributed by atoms with van der Waals surface area (Å²) in [6, 6.07) is 21.2. The van der Waals surface area contributed by atoms with Crippen molar-refractivity contribution < 1.29 is 41.4 Å². The Labute approximate surface area is 229 Å². The van der Waals surface area contributed by atoms with E-state index in [1.54, 1.807) is 24.3 Å². The minimum Gasteiger partial charge on any atom is -0.478 e. The maximum atomic E-state index is 13.0. The summed E-state index contributed by atoms with van der Waals surface area (Å²) in [5.41, 5.74) is 3.30. The molecule has 0 spiro atoms. The van der Waals surface area contributed by atoms with E-state index in [4.69, 9.17) is 9.90 Å². The number of alkyl halides is 3. The van der Waals surface area contributed by atoms with Crippen molar-refractivity contribution in [2.45, 2.75) is 31.0 Å². The van der Waals surface area contributed by atoms with Crippen molar-refractivity contribution in [1.82, 2.24) is 0 Å². The fourth-order valence-electron chi connectivity index (χ4n) is 4.20. The van der Waals surface area contributed by atoms with E-state index in [0.29, 0.717) is 18.8 Å². The van der Waals surface area contributed by atoms with Crippen LogP contribution in [0.1, 0.15) is 22.8 Å². The zero-order valence-electron chi connectivity index (χ0n) is 21.6. The second kappa shape index (κ2) is 12.3. The molecule has 9 nitrogen and oxygen atoms in total. The van der Waals surface area contributed by atoms with Crippen molar-refractivity contribution in [2.75, 3.05) is 34.2 Å². The van der Waals surface area contributed by atoms with Crippen LogP contribution in [0.25, 0.3) is 0 Å². The Morgan fingerprint density at radius 3 is 2.15 bits per heavy atom. The highest BCUT2D eigenvalue weighted by atomic mass is 32.2. The number of nitrogens with one attached hydrogen (secondary N) is 1. The molecule has 0 saturated carbocycles. The normalized spacial score (nSPS) is 15.6. The lowest BCUT2D eigenvalue weighted by Crippen LogP contribution is -2.52. The van der Waals surface area contributed by atoms with E-state index in [9.17, 15) is 31.5 Å². The summed E-state index contributed by atoms with van der Waals surface area (Å²) in [5.74, 6) is -3.87. The first-order valence-electron chi connectivity index (χ1n) is 12.0. The maximum Gasteiger partial charge on any atom is 0.490 e. The largest absolute Gasteiger partial charge is 0.490 e. The van der Waals surface area contributed by atoms with Gasteiger partial charge in [0.1, 0.15) is 0 Å². The fourth-order valence-corrected chi connectivity index (χ4v) is 5.28. The fraction of sp³-hybridized carbons (Fsp3) is 0.259. The summed E-state index contributed by atoms with van der Waals surface area (Å²) in [7, 11) is -3.87. The SMILES string of the molecule is Cc1cccc(N2CCN(c3ccc(C(=O)O)cc3NS(=O)(=O)c3ccccc3)CC2C)c1.O=C(O)C(F)(F)F. The van der Waals surface area contributed by atoms with Crippen LogP contribution in [0.3, 0.4) is 0 Å². The average Bonchev–Trinajstić information content (AvgIpc) is 2.88. The summed E-state index contributed by atoms with van der Waals surface area (Å²) in [6.45, 7) is 6.30. The molecule has 1 aliphatic heterocycles. The number of hydrogen-bond donors (Lipinski definition) is 3. The molecule has 0 aromatic heterocycles. The van der Waals surface area contributed by atoms with Gasteiger partial charge in [0, 0.05) is 31.4 Å². The van der Waals surface area contributed by atoms with Gasteiger partial charge in [-0.15, -0.1) is 0 Å². The number of anilines is 3. The van der Waals surface area contributed by atoms with E-state index in [-0.39, 0.29) is 22.2 Å². The molecule has 0 amide bonds. The predicted octanol–water partition coefficient (Wildman–Crippen LogP) is 4.84. The molecule has 1 atom stereocenters. The van der Waals surface area contributed by atoms with Gasteiger partial charge in [0.05, 0.1) is 21.8 Å². The quantitative estimate of drug-likeness (QED) is 0.379. The number of aryl methyl sites for hydroxylation is 1. The summed E-state index contributed by atoms with van der Waals surface area (Å²) in [4.78, 5) is 25.0. The van der Waals surface area contributed by atoms with Crippen molar-refractivity contribution in [3.8, 4) is 0 Å². The molecule has 1 unspecified atom stereocenters. The lowest BCUT2D eigenvalue weighted by atomic mass is 10.1. The maximum absolute atomic E-state index is 13.0. The van der Waals surface area contributed by atoms with Gasteiger partial charge in [-0.05, 0) is 61.9 Å². The minimum atomic E-state index is -5.08. The Bertz CT molecular complexity index is 1470. The molecule has 214 valence electrons. The van der Waals surface area contributed by atoms with Crippen LogP contribution in [0.4, 0.5) is 30.2 Å². The van der Waals surface area contributed by atoms with Crippen LogP contribution < -0.4 is 14.5 Å². The predicted molar refractivity (Wildman–Crippen MR) is 145 cm³/mol. The van der Waals surface area contributed by atoms with E-state index < -0.39 is 28.1 Å². The molecule has 1 saturated heterocycles. The molecule has 3 aromatic rings. The van der Waals surface area contributed by atoms with Gasteiger partial charge in [0.25, 0.3) is 10.0 Å². The average molecular weight is 580 g/mol. The number of carbonyl (C=O) groups is 2. The summed E-state index contributed by atoms with van der Waals surface area (Å²) in [5, 5.41) is 16.6. The van der Waals surface area contributed by atoms with Crippen molar-refractivity contribution in [3.63, 3.8) is 0 Å². The Morgan fingerprint density at radius 2 is 1.60 bits per heavy atom. The minimum absolute atomic E-state index is 0.0240. The van der Waals surface area contributed by atoms with Gasteiger partial charge in [0.2, 0.25) is 0 Å². The topological polar surface area (TPSA) is 127 Å². The third-order valence-electron chi connectivity index (χ3n) is 6.09. The Hall–Kier alpha value is -4.26. The van der Waals surface area contributed by atoms with E-state index >= 15 is 0 Å². The number of hydrogen-bond acceptors (Lipinski definition) is 6. The zero-order chi connectivity index (χ0) is 29.7. The number of carboxylic acid groups (broad SMARTS) is 2. The van der Waals surface area contributed by atoms with Gasteiger partial charge in [-0.1, -0.05) is 30.3 Å². The van der Waals surface area contributed by atoms with Crippen LogP contribution in [-0.4, -0.2) is 62.4 Å². The molecular weight excluding hydrogens is 551 g/mol. The summed E-state index contributed by atoms with van der Waals surface area (Å²) in [6.07, 6.45) is -5.08. The number of benzene rings is 3. The number of sulfonamides is 1. The molecule has 13 heteroatoms. The molecule has 1 fully saturated rings. The Kier molecular flexibility index (Phi) is 9.30. The number of piperazine rings is 1. The second-order valence-electron chi connectivity index (χ2n) is 9.09. The van der Waals surface area contributed by atoms with Gasteiger partial charge in [-0.3, -0.25) is 4.72 Å². The van der Waals surface area contributed by atoms with Crippen LogP contribution >= 0.6 is 0 Å². The lowest BCUT2D eigenvalue weighted by Gasteiger charge is -2.43. The first-order valence-corrected chi connectivity index (χ1v) is 13.5. The summed E-state index contributed by atoms with van der Waals surface area (Å²) >= 11 is 0. The summed E-state index contributed by atoms with van der Waals surface area (Å²) < 4.78 is 60.3. The Balaban J connectivity index is 0.000000559. The first kappa shape index (κ1) is 30.3. The van der Waals surface area contributed by atoms with Gasteiger partial charge >= 0.3 is 18.1 Å². The van der Waals surface area contributed by atoms with E-state index in [1.807, 2.05) is 6.07 Å². The molecule has 3 aromatic carbocycles. The number of aromatic carboxylic acids is 1. The van der Waals surface area contributed by atoms with Crippen molar-refractivity contribution in [1.29, 1.82) is 0 Å².